The molecule has 2 aliphatic carbocycles. The number of nitrogens with zero attached hydrogens (tertiary/aromatic N) is 1. The molecule has 1 N–H and O–H groups in total. The molecule has 3 aliphatic rings. The third kappa shape index (κ3) is 4.13. The molecule has 4 rings (SSSR count). The Balaban J connectivity index is 1.48. The highest BCUT2D eigenvalue weighted by Crippen LogP contribution is 2.39. The zero-order chi connectivity index (χ0) is 19.9. The lowest BCUT2D eigenvalue weighted by Crippen LogP contribution is -2.33. The third-order valence-electron chi connectivity index (χ3n) is 5.87. The second-order valence-electron chi connectivity index (χ2n) is 8.04. The summed E-state index contributed by atoms with van der Waals surface area (Å²) >= 11 is 3.38. The zero-order valence-corrected chi connectivity index (χ0v) is 18.1. The number of rotatable bonds is 6. The van der Waals surface area contributed by atoms with Crippen LogP contribution in [0.25, 0.3) is 0 Å². The van der Waals surface area contributed by atoms with Crippen molar-refractivity contribution in [1.82, 2.24) is 5.32 Å². The van der Waals surface area contributed by atoms with Crippen LogP contribution in [0.5, 0.6) is 0 Å². The molecule has 1 heterocycles. The Labute approximate surface area is 174 Å². The quantitative estimate of drug-likeness (QED) is 0.695. The molecule has 0 atom stereocenters. The van der Waals surface area contributed by atoms with Gasteiger partial charge < -0.3 is 10.2 Å². The van der Waals surface area contributed by atoms with Crippen LogP contribution >= 0.6 is 15.9 Å². The van der Waals surface area contributed by atoms with E-state index in [1.54, 1.807) is 17.0 Å². The molecule has 2 fully saturated rings. The van der Waals surface area contributed by atoms with Gasteiger partial charge in [-0.3, -0.25) is 9.59 Å². The molecule has 2 saturated carbocycles. The number of amides is 2. The number of hydrogen-bond donors (Lipinski definition) is 1. The molecule has 1 aromatic carbocycles. The molecule has 152 valence electrons. The first-order valence-electron chi connectivity index (χ1n) is 10.0. The van der Waals surface area contributed by atoms with Crippen molar-refractivity contribution in [2.75, 3.05) is 17.2 Å². The first kappa shape index (κ1) is 19.9. The van der Waals surface area contributed by atoms with Crippen LogP contribution in [0.15, 0.2) is 21.5 Å². The minimum atomic E-state index is -3.64. The summed E-state index contributed by atoms with van der Waals surface area (Å²) in [7, 11) is -3.64. The average Bonchev–Trinajstić information content (AvgIpc) is 3.23. The summed E-state index contributed by atoms with van der Waals surface area (Å²) in [6.45, 7) is 0.602. The van der Waals surface area contributed by atoms with Gasteiger partial charge in [0, 0.05) is 35.1 Å². The summed E-state index contributed by atoms with van der Waals surface area (Å²) in [5.74, 6) is -0.257. The monoisotopic (exact) mass is 468 g/mol. The van der Waals surface area contributed by atoms with Crippen LogP contribution in [0.1, 0.15) is 50.5 Å². The van der Waals surface area contributed by atoms with Gasteiger partial charge in [0.1, 0.15) is 0 Å². The second-order valence-corrected chi connectivity index (χ2v) is 11.0. The van der Waals surface area contributed by atoms with Gasteiger partial charge >= 0.3 is 0 Å². The van der Waals surface area contributed by atoms with Gasteiger partial charge in [0.2, 0.25) is 11.8 Å². The lowest BCUT2D eigenvalue weighted by Gasteiger charge is -2.18. The molecule has 1 aromatic rings. The van der Waals surface area contributed by atoms with Crippen molar-refractivity contribution in [3.8, 4) is 0 Å². The smallest absolute Gasteiger partial charge is 0.230 e. The Morgan fingerprint density at radius 1 is 1.14 bits per heavy atom. The number of sulfone groups is 1. The van der Waals surface area contributed by atoms with Crippen molar-refractivity contribution in [2.24, 2.45) is 5.92 Å². The highest BCUT2D eigenvalue weighted by molar-refractivity contribution is 9.10. The van der Waals surface area contributed by atoms with Gasteiger partial charge in [0.05, 0.1) is 10.6 Å². The first-order chi connectivity index (χ1) is 13.3. The number of hydrogen-bond acceptors (Lipinski definition) is 4. The molecule has 0 aromatic heterocycles. The van der Waals surface area contributed by atoms with Crippen LogP contribution in [0, 0.1) is 5.92 Å². The molecule has 28 heavy (non-hydrogen) atoms. The minimum Gasteiger partial charge on any atom is -0.353 e. The van der Waals surface area contributed by atoms with E-state index in [0.717, 1.165) is 50.5 Å². The Kier molecular flexibility index (Phi) is 5.53. The maximum atomic E-state index is 12.9. The normalized spacial score (nSPS) is 19.7. The van der Waals surface area contributed by atoms with E-state index < -0.39 is 9.84 Å². The van der Waals surface area contributed by atoms with Crippen molar-refractivity contribution in [2.45, 2.75) is 62.3 Å². The maximum absolute atomic E-state index is 12.9. The summed E-state index contributed by atoms with van der Waals surface area (Å²) in [5, 5.41) is 2.93. The minimum absolute atomic E-state index is 0.0485. The number of anilines is 1. The molecular formula is C20H25BrN2O4S. The molecule has 0 unspecified atom stereocenters. The van der Waals surface area contributed by atoms with E-state index in [1.807, 2.05) is 0 Å². The van der Waals surface area contributed by atoms with Crippen molar-refractivity contribution in [3.63, 3.8) is 0 Å². The predicted molar refractivity (Wildman–Crippen MR) is 110 cm³/mol. The summed E-state index contributed by atoms with van der Waals surface area (Å²) < 4.78 is 26.3. The Morgan fingerprint density at radius 2 is 1.86 bits per heavy atom. The molecule has 2 amide bonds. The molecule has 0 radical (unpaired) electrons. The molecule has 0 bridgehead atoms. The van der Waals surface area contributed by atoms with Crippen molar-refractivity contribution >= 4 is 43.3 Å². The van der Waals surface area contributed by atoms with E-state index in [2.05, 4.69) is 21.2 Å². The van der Waals surface area contributed by atoms with Crippen LogP contribution in [-0.4, -0.2) is 38.6 Å². The van der Waals surface area contributed by atoms with E-state index in [4.69, 9.17) is 0 Å². The average molecular weight is 469 g/mol. The third-order valence-corrected chi connectivity index (χ3v) is 8.54. The molecule has 0 spiro atoms. The number of nitrogens with one attached hydrogen (secondary N) is 1. The van der Waals surface area contributed by atoms with Gasteiger partial charge in [-0.15, -0.1) is 0 Å². The van der Waals surface area contributed by atoms with Gasteiger partial charge in [-0.05, 0) is 65.7 Å². The van der Waals surface area contributed by atoms with Gasteiger partial charge in [-0.2, -0.15) is 0 Å². The van der Waals surface area contributed by atoms with Crippen LogP contribution in [0.3, 0.4) is 0 Å². The standard InChI is InChI=1S/C20H25BrN2O4S/c21-16-11-14-7-9-23(20(25)13-5-6-13)17(14)12-18(16)28(26,27)10-8-19(24)22-15-3-1-2-4-15/h11-13,15H,1-10H2,(H,22,24). The Hall–Kier alpha value is -1.41. The summed E-state index contributed by atoms with van der Waals surface area (Å²) in [4.78, 5) is 26.5. The van der Waals surface area contributed by atoms with E-state index in [9.17, 15) is 18.0 Å². The predicted octanol–water partition coefficient (Wildman–Crippen LogP) is 2.97. The number of carbonyl (C=O) groups excluding carboxylic acids is 2. The largest absolute Gasteiger partial charge is 0.353 e. The zero-order valence-electron chi connectivity index (χ0n) is 15.7. The van der Waals surface area contributed by atoms with Crippen molar-refractivity contribution < 1.29 is 18.0 Å². The second kappa shape index (κ2) is 7.78. The fourth-order valence-electron chi connectivity index (χ4n) is 4.11. The van der Waals surface area contributed by atoms with Crippen LogP contribution in [0.4, 0.5) is 5.69 Å². The molecule has 0 saturated heterocycles. The summed E-state index contributed by atoms with van der Waals surface area (Å²) in [5.41, 5.74) is 1.69. The molecule has 6 nitrogen and oxygen atoms in total. The van der Waals surface area contributed by atoms with Crippen molar-refractivity contribution in [3.05, 3.63) is 22.2 Å². The van der Waals surface area contributed by atoms with Crippen LogP contribution < -0.4 is 10.2 Å². The van der Waals surface area contributed by atoms with E-state index in [-0.39, 0.29) is 40.8 Å². The molecular weight excluding hydrogens is 444 g/mol. The number of halogens is 1. The SMILES string of the molecule is O=C(CCS(=O)(=O)c1cc2c(cc1Br)CCN2C(=O)C1CC1)NC1CCCC1. The summed E-state index contributed by atoms with van der Waals surface area (Å²) in [6.07, 6.45) is 6.69. The van der Waals surface area contributed by atoms with E-state index in [0.29, 0.717) is 16.7 Å². The maximum Gasteiger partial charge on any atom is 0.230 e. The molecule has 8 heteroatoms. The van der Waals surface area contributed by atoms with Gasteiger partial charge in [0.25, 0.3) is 0 Å². The lowest BCUT2D eigenvalue weighted by molar-refractivity contribution is -0.121. The Bertz CT molecular complexity index is 905. The van der Waals surface area contributed by atoms with Gasteiger partial charge in [-0.1, -0.05) is 12.8 Å². The number of fused-ring (bicyclic) bond motifs is 1. The highest BCUT2D eigenvalue weighted by Gasteiger charge is 2.37. The van der Waals surface area contributed by atoms with E-state index in [1.165, 1.54) is 0 Å². The van der Waals surface area contributed by atoms with Crippen LogP contribution in [0.2, 0.25) is 0 Å². The van der Waals surface area contributed by atoms with Gasteiger partial charge in [-0.25, -0.2) is 8.42 Å². The van der Waals surface area contributed by atoms with E-state index >= 15 is 0 Å². The highest BCUT2D eigenvalue weighted by atomic mass is 79.9. The number of benzene rings is 1. The van der Waals surface area contributed by atoms with Crippen LogP contribution in [-0.2, 0) is 25.8 Å². The summed E-state index contributed by atoms with van der Waals surface area (Å²) in [6, 6.07) is 3.60. The Morgan fingerprint density at radius 3 is 2.54 bits per heavy atom. The first-order valence-corrected chi connectivity index (χ1v) is 12.5. The van der Waals surface area contributed by atoms with Crippen molar-refractivity contribution in [1.29, 1.82) is 0 Å². The fraction of sp³-hybridized carbons (Fsp3) is 0.600. The van der Waals surface area contributed by atoms with Gasteiger partial charge in [0.15, 0.2) is 9.84 Å². The topological polar surface area (TPSA) is 83.6 Å². The number of carbonyl (C=O) groups is 2. The fourth-order valence-corrected chi connectivity index (χ4v) is 6.56. The molecule has 1 aliphatic heterocycles. The lowest BCUT2D eigenvalue weighted by atomic mass is 10.2.